The van der Waals surface area contributed by atoms with Crippen molar-refractivity contribution in [2.75, 3.05) is 9.80 Å². The van der Waals surface area contributed by atoms with Gasteiger partial charge < -0.3 is 0 Å². The van der Waals surface area contributed by atoms with Crippen molar-refractivity contribution in [3.05, 3.63) is 166 Å². The molecular weight excluding hydrogens is 620 g/mol. The maximum absolute atomic E-state index is 13.6. The Labute approximate surface area is 290 Å². The lowest BCUT2D eigenvalue weighted by atomic mass is 9.95. The van der Waals surface area contributed by atoms with Crippen LogP contribution in [0, 0.1) is 27.7 Å². The smallest absolute Gasteiger partial charge is 0.266 e. The summed E-state index contributed by atoms with van der Waals surface area (Å²) in [6.45, 7) is 7.93. The van der Waals surface area contributed by atoms with Crippen LogP contribution >= 0.6 is 0 Å². The highest BCUT2D eigenvalue weighted by Crippen LogP contribution is 2.38. The number of carbonyl (C=O) groups excluding carboxylic acids is 4. The minimum Gasteiger partial charge on any atom is -0.268 e. The number of benzene rings is 6. The van der Waals surface area contributed by atoms with E-state index in [1.54, 1.807) is 36.4 Å². The number of hydrogen-bond acceptors (Lipinski definition) is 4. The quantitative estimate of drug-likeness (QED) is 0.174. The molecule has 6 heteroatoms. The fourth-order valence-corrected chi connectivity index (χ4v) is 6.98. The third-order valence-electron chi connectivity index (χ3n) is 9.77. The van der Waals surface area contributed by atoms with Crippen LogP contribution in [0.1, 0.15) is 63.7 Å². The van der Waals surface area contributed by atoms with E-state index in [0.29, 0.717) is 33.6 Å². The maximum atomic E-state index is 13.6. The molecule has 6 aromatic carbocycles. The van der Waals surface area contributed by atoms with E-state index >= 15 is 0 Å². The van der Waals surface area contributed by atoms with E-state index in [-0.39, 0.29) is 23.6 Å². The molecule has 0 fully saturated rings. The van der Waals surface area contributed by atoms with E-state index in [4.69, 9.17) is 0 Å². The summed E-state index contributed by atoms with van der Waals surface area (Å²) in [4.78, 5) is 56.6. The van der Waals surface area contributed by atoms with Crippen molar-refractivity contribution in [1.29, 1.82) is 0 Å². The first-order valence-electron chi connectivity index (χ1n) is 16.5. The van der Waals surface area contributed by atoms with Gasteiger partial charge in [-0.1, -0.05) is 83.9 Å². The summed E-state index contributed by atoms with van der Waals surface area (Å²) >= 11 is 0. The molecule has 0 atom stereocenters. The molecule has 0 saturated carbocycles. The van der Waals surface area contributed by atoms with Gasteiger partial charge in [-0.3, -0.25) is 19.2 Å². The zero-order chi connectivity index (χ0) is 34.8. The van der Waals surface area contributed by atoms with Crippen LogP contribution in [0.15, 0.2) is 121 Å². The van der Waals surface area contributed by atoms with Crippen molar-refractivity contribution >= 4 is 35.0 Å². The predicted molar refractivity (Wildman–Crippen MR) is 197 cm³/mol. The van der Waals surface area contributed by atoms with E-state index in [9.17, 15) is 19.2 Å². The van der Waals surface area contributed by atoms with Crippen LogP contribution in [0.2, 0.25) is 0 Å². The van der Waals surface area contributed by atoms with Gasteiger partial charge in [-0.25, -0.2) is 9.80 Å². The number of hydrogen-bond donors (Lipinski definition) is 0. The summed E-state index contributed by atoms with van der Waals surface area (Å²) in [7, 11) is 0. The molecule has 0 aliphatic carbocycles. The summed E-state index contributed by atoms with van der Waals surface area (Å²) in [5.41, 5.74) is 12.2. The molecule has 2 heterocycles. The molecule has 4 amide bonds. The van der Waals surface area contributed by atoms with Crippen molar-refractivity contribution in [2.24, 2.45) is 0 Å². The van der Waals surface area contributed by atoms with E-state index in [1.165, 1.54) is 9.80 Å². The van der Waals surface area contributed by atoms with E-state index in [0.717, 1.165) is 55.6 Å². The van der Waals surface area contributed by atoms with Gasteiger partial charge in [-0.2, -0.15) is 0 Å². The van der Waals surface area contributed by atoms with Gasteiger partial charge in [0, 0.05) is 0 Å². The minimum absolute atomic E-state index is 0.347. The second-order valence-corrected chi connectivity index (χ2v) is 13.1. The number of aryl methyl sites for hydroxylation is 4. The van der Waals surface area contributed by atoms with Gasteiger partial charge in [0.15, 0.2) is 0 Å². The largest absolute Gasteiger partial charge is 0.268 e. The van der Waals surface area contributed by atoms with Crippen molar-refractivity contribution in [3.63, 3.8) is 0 Å². The van der Waals surface area contributed by atoms with Gasteiger partial charge in [0.2, 0.25) is 0 Å². The van der Waals surface area contributed by atoms with Crippen molar-refractivity contribution in [1.82, 2.24) is 0 Å². The fourth-order valence-electron chi connectivity index (χ4n) is 6.98. The van der Waals surface area contributed by atoms with Crippen molar-refractivity contribution < 1.29 is 19.2 Å². The van der Waals surface area contributed by atoms with Crippen LogP contribution in [0.5, 0.6) is 0 Å². The predicted octanol–water partition coefficient (Wildman–Crippen LogP) is 9.52. The number of rotatable bonds is 5. The Hall–Kier alpha value is -6.40. The fraction of sp³-hybridized carbons (Fsp3) is 0.0909. The first-order chi connectivity index (χ1) is 24.1. The standard InChI is InChI=1S/C44H32N2O4/c1-25-5-9-29(10-6-25)31-13-17-37-39(23-31)43(49)45(41(37)47)33-15-19-35(27(3)21-33)36-20-16-34(22-28(36)4)46-42(48)38-18-14-32(24-40(38)44(46)50)30-11-7-26(2)8-12-30/h5-24H,1-4H3. The van der Waals surface area contributed by atoms with E-state index < -0.39 is 0 Å². The topological polar surface area (TPSA) is 74.8 Å². The van der Waals surface area contributed by atoms with Crippen molar-refractivity contribution in [2.45, 2.75) is 27.7 Å². The highest BCUT2D eigenvalue weighted by molar-refractivity contribution is 6.35. The van der Waals surface area contributed by atoms with Crippen LogP contribution in [-0.4, -0.2) is 23.6 Å². The monoisotopic (exact) mass is 652 g/mol. The van der Waals surface area contributed by atoms with E-state index in [1.807, 2.05) is 113 Å². The highest BCUT2D eigenvalue weighted by Gasteiger charge is 2.38. The molecule has 2 aliphatic rings. The molecule has 6 nitrogen and oxygen atoms in total. The first kappa shape index (κ1) is 30.9. The highest BCUT2D eigenvalue weighted by atomic mass is 16.2. The molecule has 50 heavy (non-hydrogen) atoms. The molecule has 0 radical (unpaired) electrons. The lowest BCUT2D eigenvalue weighted by Gasteiger charge is -2.19. The molecule has 242 valence electrons. The number of fused-ring (bicyclic) bond motifs is 2. The lowest BCUT2D eigenvalue weighted by Crippen LogP contribution is -2.29. The zero-order valence-electron chi connectivity index (χ0n) is 28.1. The third kappa shape index (κ3) is 4.96. The Bertz CT molecular complexity index is 2270. The Kier molecular flexibility index (Phi) is 7.19. The second kappa shape index (κ2) is 11.6. The number of anilines is 2. The molecule has 0 unspecified atom stereocenters. The SMILES string of the molecule is Cc1ccc(-c2ccc3c(c2)C(=O)N(c2ccc(-c4ccc(N5C(=O)c6ccc(-c7ccc(C)cc7)cc6C5=O)cc4C)c(C)c2)C3=O)cc1. The van der Waals surface area contributed by atoms with Gasteiger partial charge in [0.25, 0.3) is 23.6 Å². The van der Waals surface area contributed by atoms with Crippen LogP contribution in [0.25, 0.3) is 33.4 Å². The Morgan fingerprint density at radius 3 is 1.00 bits per heavy atom. The van der Waals surface area contributed by atoms with Crippen LogP contribution in [0.4, 0.5) is 11.4 Å². The summed E-state index contributed by atoms with van der Waals surface area (Å²) in [6.07, 6.45) is 0. The molecule has 0 N–H and O–H groups in total. The summed E-state index contributed by atoms with van der Waals surface area (Å²) in [5, 5.41) is 0. The number of carbonyl (C=O) groups is 4. The number of imide groups is 2. The molecular formula is C44H32N2O4. The number of amides is 4. The zero-order valence-corrected chi connectivity index (χ0v) is 28.1. The van der Waals surface area contributed by atoms with Gasteiger partial charge in [0.05, 0.1) is 33.6 Å². The molecule has 8 rings (SSSR count). The van der Waals surface area contributed by atoms with Crippen LogP contribution in [-0.2, 0) is 0 Å². The second-order valence-electron chi connectivity index (χ2n) is 13.1. The van der Waals surface area contributed by atoms with Crippen LogP contribution < -0.4 is 9.80 Å². The molecule has 0 bridgehead atoms. The van der Waals surface area contributed by atoms with Gasteiger partial charge in [0.1, 0.15) is 0 Å². The van der Waals surface area contributed by atoms with E-state index in [2.05, 4.69) is 0 Å². The third-order valence-corrected chi connectivity index (χ3v) is 9.77. The first-order valence-corrected chi connectivity index (χ1v) is 16.5. The molecule has 0 spiro atoms. The molecule has 2 aliphatic heterocycles. The maximum Gasteiger partial charge on any atom is 0.266 e. The summed E-state index contributed by atoms with van der Waals surface area (Å²) in [6, 6.07) is 38.0. The average Bonchev–Trinajstić information content (AvgIpc) is 3.52. The lowest BCUT2D eigenvalue weighted by molar-refractivity contribution is 0.0910. The Morgan fingerprint density at radius 1 is 0.320 bits per heavy atom. The molecule has 0 aromatic heterocycles. The number of nitrogens with zero attached hydrogens (tertiary/aromatic N) is 2. The summed E-state index contributed by atoms with van der Waals surface area (Å²) in [5.74, 6) is -1.39. The normalized spacial score (nSPS) is 13.7. The van der Waals surface area contributed by atoms with Gasteiger partial charge >= 0.3 is 0 Å². The van der Waals surface area contributed by atoms with Gasteiger partial charge in [-0.05, 0) is 121 Å². The minimum atomic E-state index is -0.349. The van der Waals surface area contributed by atoms with Crippen molar-refractivity contribution in [3.8, 4) is 33.4 Å². The average molecular weight is 653 g/mol. The molecule has 6 aromatic rings. The molecule has 0 saturated heterocycles. The Morgan fingerprint density at radius 2 is 0.640 bits per heavy atom. The Balaban J connectivity index is 1.05. The summed E-state index contributed by atoms with van der Waals surface area (Å²) < 4.78 is 0. The van der Waals surface area contributed by atoms with Crippen LogP contribution in [0.3, 0.4) is 0 Å². The van der Waals surface area contributed by atoms with Gasteiger partial charge in [-0.15, -0.1) is 0 Å².